The number of hydrogen-bond donors (Lipinski definition) is 0. The van der Waals surface area contributed by atoms with E-state index in [-0.39, 0.29) is 58.4 Å². The molecule has 24 heavy (non-hydrogen) atoms. The monoisotopic (exact) mass is 422 g/mol. The van der Waals surface area contributed by atoms with Gasteiger partial charge in [0.2, 0.25) is 0 Å². The van der Waals surface area contributed by atoms with Gasteiger partial charge in [-0.2, -0.15) is 12.8 Å². The summed E-state index contributed by atoms with van der Waals surface area (Å²) in [6.45, 7) is 4.42. The van der Waals surface area contributed by atoms with Crippen molar-refractivity contribution in [3.8, 4) is 0 Å². The smallest absolute Gasteiger partial charge is 1.00 e. The van der Waals surface area contributed by atoms with E-state index in [2.05, 4.69) is 43.8 Å². The van der Waals surface area contributed by atoms with Crippen LogP contribution >= 0.6 is 0 Å². The van der Waals surface area contributed by atoms with E-state index in [0.29, 0.717) is 0 Å². The summed E-state index contributed by atoms with van der Waals surface area (Å²) < 4.78 is 0. The Kier molecular flexibility index (Phi) is 22.2. The Labute approximate surface area is 178 Å². The first-order valence-corrected chi connectivity index (χ1v) is 10.7. The zero-order chi connectivity index (χ0) is 15.5. The van der Waals surface area contributed by atoms with Crippen LogP contribution in [0.1, 0.15) is 44.9 Å². The van der Waals surface area contributed by atoms with Gasteiger partial charge >= 0.3 is 21.7 Å². The van der Waals surface area contributed by atoms with Gasteiger partial charge in [-0.25, -0.2) is 0 Å². The average Bonchev–Trinajstić information content (AvgIpc) is 2.98. The van der Waals surface area contributed by atoms with Crippen LogP contribution < -0.4 is 24.8 Å². The van der Waals surface area contributed by atoms with E-state index in [1.807, 2.05) is 0 Å². The van der Waals surface area contributed by atoms with Crippen molar-refractivity contribution in [2.24, 2.45) is 17.8 Å². The van der Waals surface area contributed by atoms with E-state index < -0.39 is 0 Å². The van der Waals surface area contributed by atoms with Gasteiger partial charge < -0.3 is 41.8 Å². The molecule has 0 aromatic heterocycles. The number of hydrogen-bond acceptors (Lipinski definition) is 1. The van der Waals surface area contributed by atoms with Crippen LogP contribution in [-0.4, -0.2) is 15.4 Å². The zero-order valence-corrected chi connectivity index (χ0v) is 19.0. The van der Waals surface area contributed by atoms with Gasteiger partial charge in [-0.3, -0.25) is 0 Å². The first kappa shape index (κ1) is 29.2. The molecule has 0 aromatic carbocycles. The molecule has 2 saturated carbocycles. The molecule has 3 aliphatic rings. The Hall–Kier alpha value is 0.461. The average molecular weight is 423 g/mol. The Bertz CT molecular complexity index is 343. The van der Waals surface area contributed by atoms with E-state index in [4.69, 9.17) is 5.73 Å². The molecule has 2 atom stereocenters. The third-order valence-corrected chi connectivity index (χ3v) is 4.23. The van der Waals surface area contributed by atoms with E-state index in [0.717, 1.165) is 47.0 Å². The van der Waals surface area contributed by atoms with Crippen molar-refractivity contribution < 1.29 is 51.3 Å². The molecule has 0 spiro atoms. The van der Waals surface area contributed by atoms with E-state index in [1.165, 1.54) is 19.3 Å². The zero-order valence-electron chi connectivity index (χ0n) is 14.8. The molecule has 6 heteroatoms. The molecule has 0 bridgehead atoms. The number of carbonyl (C=O) groups excluding carboxylic acids is 1. The maximum atomic E-state index is 10.5. The van der Waals surface area contributed by atoms with Crippen LogP contribution in [0.25, 0.3) is 5.73 Å². The van der Waals surface area contributed by atoms with Gasteiger partial charge in [0.1, 0.15) is 0 Å². The molecule has 1 radical (unpaired) electrons. The minimum absolute atomic E-state index is 0. The summed E-state index contributed by atoms with van der Waals surface area (Å²) in [6, 6.07) is 0. The minimum Gasteiger partial charge on any atom is -1.00 e. The fourth-order valence-corrected chi connectivity index (χ4v) is 3.05. The van der Waals surface area contributed by atoms with E-state index >= 15 is 0 Å². The van der Waals surface area contributed by atoms with Gasteiger partial charge in [0.25, 0.3) is 0 Å². The molecule has 2 unspecified atom stereocenters. The van der Waals surface area contributed by atoms with E-state index in [1.54, 1.807) is 0 Å². The molecule has 2 nitrogen and oxygen atoms in total. The standard InChI is InChI=1S/C9H11.C7H13NO.C2H7Si.2ClH.Ti/c1-2-5-9-7-3-6-8(9)4-1;8-7(9)6-4-2-1-3-5-6;1-3-2;;;/h1-5,8-9H,6-7H2;6H,1-5H2,(H2,8,9);3H,1-2H3;2*1H;/q-1;;;;;+4/p-3. The molecule has 0 aliphatic heterocycles. The summed E-state index contributed by atoms with van der Waals surface area (Å²) in [5.41, 5.74) is 6.83. The molecule has 0 saturated heterocycles. The third kappa shape index (κ3) is 11.9. The number of fused-ring (bicyclic) bond motifs is 1. The summed E-state index contributed by atoms with van der Waals surface area (Å²) in [5.74, 6) is 1.42. The predicted octanol–water partition coefficient (Wildman–Crippen LogP) is -0.987. The quantitative estimate of drug-likeness (QED) is 0.395. The van der Waals surface area contributed by atoms with Gasteiger partial charge in [-0.05, 0) is 24.7 Å². The van der Waals surface area contributed by atoms with Crippen LogP contribution in [0.4, 0.5) is 0 Å². The molecule has 1 amide bonds. The molecule has 3 rings (SSSR count). The van der Waals surface area contributed by atoms with E-state index in [9.17, 15) is 4.79 Å². The minimum atomic E-state index is -0.352. The van der Waals surface area contributed by atoms with Crippen LogP contribution in [-0.2, 0) is 26.5 Å². The van der Waals surface area contributed by atoms with Crippen molar-refractivity contribution in [2.75, 3.05) is 0 Å². The van der Waals surface area contributed by atoms with Crippen LogP contribution in [0.3, 0.4) is 0 Å². The number of halogens is 2. The molecule has 3 aliphatic carbocycles. The normalized spacial score (nSPS) is 23.6. The predicted molar refractivity (Wildman–Crippen MR) is 93.6 cm³/mol. The molecule has 1 N–H and O–H groups in total. The summed E-state index contributed by atoms with van der Waals surface area (Å²) in [6.07, 6.45) is 19.5. The fraction of sp³-hybridized carbons (Fsp3) is 0.667. The first-order valence-electron chi connectivity index (χ1n) is 8.35. The second-order valence-electron chi connectivity index (χ2n) is 6.13. The van der Waals surface area contributed by atoms with Gasteiger partial charge in [0.15, 0.2) is 0 Å². The maximum Gasteiger partial charge on any atom is 4.00 e. The summed E-state index contributed by atoms with van der Waals surface area (Å²) in [7, 11) is 0.750. The summed E-state index contributed by atoms with van der Waals surface area (Å²) in [4.78, 5) is 10.5. The van der Waals surface area contributed by atoms with Crippen molar-refractivity contribution in [1.29, 1.82) is 0 Å². The fourth-order valence-electron chi connectivity index (χ4n) is 3.05. The van der Waals surface area contributed by atoms with Gasteiger partial charge in [0, 0.05) is 15.4 Å². The topological polar surface area (TPSA) is 40.9 Å². The number of carbonyl (C=O) groups is 1. The van der Waals surface area contributed by atoms with Crippen LogP contribution in [0.15, 0.2) is 24.3 Å². The van der Waals surface area contributed by atoms with Crippen molar-refractivity contribution in [3.05, 3.63) is 36.5 Å². The Morgan fingerprint density at radius 3 is 1.75 bits per heavy atom. The van der Waals surface area contributed by atoms with Crippen molar-refractivity contribution in [1.82, 2.24) is 0 Å². The number of rotatable bonds is 1. The van der Waals surface area contributed by atoms with Crippen LogP contribution in [0.2, 0.25) is 13.1 Å². The molecule has 0 heterocycles. The molecule has 0 aromatic rings. The van der Waals surface area contributed by atoms with Gasteiger partial charge in [0.05, 0.1) is 5.91 Å². The largest absolute Gasteiger partial charge is 4.00 e. The summed E-state index contributed by atoms with van der Waals surface area (Å²) >= 11 is 0. The van der Waals surface area contributed by atoms with Crippen molar-refractivity contribution >= 4 is 15.4 Å². The molecule has 135 valence electrons. The molecular weight excluding hydrogens is 393 g/mol. The second kappa shape index (κ2) is 18.3. The SMILES string of the molecule is C1=CC2C[CH-]CC2C=C1.C[SiH]C.[Cl-].[Cl-].[NH-]C(=O)C1CCCCC1.[Ti+4]. The number of allylic oxidation sites excluding steroid dienone is 4. The van der Waals surface area contributed by atoms with Crippen molar-refractivity contribution in [3.63, 3.8) is 0 Å². The number of nitrogens with one attached hydrogen (secondary N) is 1. The van der Waals surface area contributed by atoms with Gasteiger partial charge in [-0.15, -0.1) is 0 Å². The third-order valence-electron chi connectivity index (χ3n) is 4.23. The van der Waals surface area contributed by atoms with Gasteiger partial charge in [-0.1, -0.05) is 56.7 Å². The first-order chi connectivity index (χ1) is 10.2. The Morgan fingerprint density at radius 1 is 1.00 bits per heavy atom. The summed E-state index contributed by atoms with van der Waals surface area (Å²) in [5, 5.41) is 0. The van der Waals surface area contributed by atoms with Crippen LogP contribution in [0, 0.1) is 24.2 Å². The van der Waals surface area contributed by atoms with Crippen molar-refractivity contribution in [2.45, 2.75) is 58.0 Å². The molecular formula is C18H30Cl2NOSiTi. The maximum absolute atomic E-state index is 10.5. The number of amides is 1. The Balaban J connectivity index is -0.000000286. The molecule has 2 fully saturated rings. The van der Waals surface area contributed by atoms with Crippen LogP contribution in [0.5, 0.6) is 0 Å². The Morgan fingerprint density at radius 2 is 1.42 bits per heavy atom. The second-order valence-corrected chi connectivity index (χ2v) is 7.29.